The third-order valence-corrected chi connectivity index (χ3v) is 2.83. The number of nitrogens with two attached hydrogens (primary N) is 1. The number of nitrogens with zero attached hydrogens (tertiary/aromatic N) is 2. The zero-order valence-corrected chi connectivity index (χ0v) is 10.7. The molecule has 0 aliphatic rings. The van der Waals surface area contributed by atoms with Gasteiger partial charge in [0.2, 0.25) is 0 Å². The number of nitro benzene ring substituents is 1. The number of nitro groups is 1. The molecule has 3 N–H and O–H groups in total. The maximum absolute atomic E-state index is 10.7. The smallest absolute Gasteiger partial charge is 0.269 e. The van der Waals surface area contributed by atoms with Gasteiger partial charge in [-0.05, 0) is 25.5 Å². The van der Waals surface area contributed by atoms with Crippen LogP contribution >= 0.6 is 0 Å². The molecule has 0 fully saturated rings. The second-order valence-electron chi connectivity index (χ2n) is 4.43. The minimum Gasteiger partial charge on any atom is -0.398 e. The maximum atomic E-state index is 10.7. The van der Waals surface area contributed by atoms with Crippen molar-refractivity contribution in [2.45, 2.75) is 26.4 Å². The van der Waals surface area contributed by atoms with Crippen molar-refractivity contribution >= 4 is 11.4 Å². The van der Waals surface area contributed by atoms with Crippen molar-refractivity contribution in [3.05, 3.63) is 33.9 Å². The van der Waals surface area contributed by atoms with Crippen molar-refractivity contribution in [3.63, 3.8) is 0 Å². The molecule has 1 aromatic rings. The standard InChI is InChI=1S/C12H19N3O3/c1-9(2)14(5-6-16)8-10-7-11(15(17)18)3-4-12(10)13/h3-4,7,9,16H,5-6,8,13H2,1-2H3. The highest BCUT2D eigenvalue weighted by Gasteiger charge is 2.14. The molecule has 0 bridgehead atoms. The van der Waals surface area contributed by atoms with Gasteiger partial charge in [-0.3, -0.25) is 15.0 Å². The molecule has 0 radical (unpaired) electrons. The van der Waals surface area contributed by atoms with Gasteiger partial charge in [0.05, 0.1) is 11.5 Å². The first kappa shape index (κ1) is 14.4. The zero-order valence-electron chi connectivity index (χ0n) is 10.7. The van der Waals surface area contributed by atoms with E-state index in [-0.39, 0.29) is 18.3 Å². The fourth-order valence-corrected chi connectivity index (χ4v) is 1.71. The van der Waals surface area contributed by atoms with Gasteiger partial charge in [-0.15, -0.1) is 0 Å². The molecule has 0 unspecified atom stereocenters. The Hall–Kier alpha value is -1.66. The van der Waals surface area contributed by atoms with E-state index in [1.807, 2.05) is 18.7 Å². The first-order valence-corrected chi connectivity index (χ1v) is 5.83. The van der Waals surface area contributed by atoms with Crippen LogP contribution in [0, 0.1) is 10.1 Å². The van der Waals surface area contributed by atoms with Gasteiger partial charge in [0.25, 0.3) is 5.69 Å². The SMILES string of the molecule is CC(C)N(CCO)Cc1cc([N+](=O)[O-])ccc1N. The number of rotatable bonds is 6. The minimum atomic E-state index is -0.436. The van der Waals surface area contributed by atoms with Crippen molar-refractivity contribution in [2.75, 3.05) is 18.9 Å². The Morgan fingerprint density at radius 1 is 1.50 bits per heavy atom. The highest BCUT2D eigenvalue weighted by Crippen LogP contribution is 2.21. The van der Waals surface area contributed by atoms with Gasteiger partial charge in [-0.25, -0.2) is 0 Å². The molecule has 1 aromatic carbocycles. The van der Waals surface area contributed by atoms with E-state index in [1.54, 1.807) is 6.07 Å². The Balaban J connectivity index is 2.93. The van der Waals surface area contributed by atoms with E-state index >= 15 is 0 Å². The molecule has 0 atom stereocenters. The summed E-state index contributed by atoms with van der Waals surface area (Å²) in [6.07, 6.45) is 0. The lowest BCUT2D eigenvalue weighted by Gasteiger charge is -2.26. The highest BCUT2D eigenvalue weighted by atomic mass is 16.6. The molecule has 0 saturated carbocycles. The van der Waals surface area contributed by atoms with Gasteiger partial charge in [-0.2, -0.15) is 0 Å². The van der Waals surface area contributed by atoms with Crippen LogP contribution in [0.2, 0.25) is 0 Å². The van der Waals surface area contributed by atoms with Gasteiger partial charge < -0.3 is 10.8 Å². The summed E-state index contributed by atoms with van der Waals surface area (Å²) in [7, 11) is 0. The molecule has 0 saturated heterocycles. The van der Waals surface area contributed by atoms with Crippen molar-refractivity contribution in [1.29, 1.82) is 0 Å². The summed E-state index contributed by atoms with van der Waals surface area (Å²) in [4.78, 5) is 12.3. The molecular formula is C12H19N3O3. The van der Waals surface area contributed by atoms with E-state index in [2.05, 4.69) is 0 Å². The van der Waals surface area contributed by atoms with Crippen molar-refractivity contribution < 1.29 is 10.0 Å². The van der Waals surface area contributed by atoms with E-state index in [4.69, 9.17) is 10.8 Å². The van der Waals surface area contributed by atoms with Crippen LogP contribution in [0.25, 0.3) is 0 Å². The number of nitrogen functional groups attached to an aromatic ring is 1. The largest absolute Gasteiger partial charge is 0.398 e. The summed E-state index contributed by atoms with van der Waals surface area (Å²) >= 11 is 0. The molecule has 18 heavy (non-hydrogen) atoms. The third-order valence-electron chi connectivity index (χ3n) is 2.83. The van der Waals surface area contributed by atoms with Crippen molar-refractivity contribution in [2.24, 2.45) is 0 Å². The van der Waals surface area contributed by atoms with Crippen LogP contribution in [-0.4, -0.2) is 34.1 Å². The van der Waals surface area contributed by atoms with E-state index in [1.165, 1.54) is 12.1 Å². The van der Waals surface area contributed by atoms with E-state index < -0.39 is 4.92 Å². The number of non-ortho nitro benzene ring substituents is 1. The summed E-state index contributed by atoms with van der Waals surface area (Å²) in [5.74, 6) is 0. The second-order valence-corrected chi connectivity index (χ2v) is 4.43. The molecule has 100 valence electrons. The van der Waals surface area contributed by atoms with Gasteiger partial charge in [0.15, 0.2) is 0 Å². The summed E-state index contributed by atoms with van der Waals surface area (Å²) in [6, 6.07) is 4.66. The molecule has 6 heteroatoms. The lowest BCUT2D eigenvalue weighted by atomic mass is 10.1. The topological polar surface area (TPSA) is 92.6 Å². The number of aliphatic hydroxyl groups is 1. The average Bonchev–Trinajstić information content (AvgIpc) is 2.30. The fourth-order valence-electron chi connectivity index (χ4n) is 1.71. The Labute approximate surface area is 106 Å². The molecule has 0 aliphatic heterocycles. The summed E-state index contributed by atoms with van der Waals surface area (Å²) in [5.41, 5.74) is 7.10. The molecule has 0 aromatic heterocycles. The number of aliphatic hydroxyl groups excluding tert-OH is 1. The fraction of sp³-hybridized carbons (Fsp3) is 0.500. The van der Waals surface area contributed by atoms with Crippen molar-refractivity contribution in [3.8, 4) is 0 Å². The molecule has 1 rings (SSSR count). The molecule has 0 heterocycles. The molecule has 0 amide bonds. The predicted octanol–water partition coefficient (Wildman–Crippen LogP) is 1.38. The monoisotopic (exact) mass is 253 g/mol. The van der Waals surface area contributed by atoms with Crippen molar-refractivity contribution in [1.82, 2.24) is 4.90 Å². The summed E-state index contributed by atoms with van der Waals surface area (Å²) in [5, 5.41) is 19.7. The number of hydrogen-bond acceptors (Lipinski definition) is 5. The third kappa shape index (κ3) is 3.68. The van der Waals surface area contributed by atoms with Crippen LogP contribution in [0.3, 0.4) is 0 Å². The van der Waals surface area contributed by atoms with E-state index in [0.717, 1.165) is 0 Å². The highest BCUT2D eigenvalue weighted by molar-refractivity contribution is 5.52. The van der Waals surface area contributed by atoms with Gasteiger partial charge in [-0.1, -0.05) is 0 Å². The lowest BCUT2D eigenvalue weighted by molar-refractivity contribution is -0.384. The second kappa shape index (κ2) is 6.32. The average molecular weight is 253 g/mol. The minimum absolute atomic E-state index is 0.0342. The first-order valence-electron chi connectivity index (χ1n) is 5.83. The van der Waals surface area contributed by atoms with Crippen LogP contribution in [0.5, 0.6) is 0 Å². The lowest BCUT2D eigenvalue weighted by Crippen LogP contribution is -2.33. The Bertz CT molecular complexity index is 421. The van der Waals surface area contributed by atoms with Crippen LogP contribution in [0.15, 0.2) is 18.2 Å². The number of benzene rings is 1. The Morgan fingerprint density at radius 3 is 2.67 bits per heavy atom. The molecule has 6 nitrogen and oxygen atoms in total. The Morgan fingerprint density at radius 2 is 2.17 bits per heavy atom. The van der Waals surface area contributed by atoms with Crippen LogP contribution in [0.4, 0.5) is 11.4 Å². The van der Waals surface area contributed by atoms with Gasteiger partial charge >= 0.3 is 0 Å². The quantitative estimate of drug-likeness (QED) is 0.454. The maximum Gasteiger partial charge on any atom is 0.269 e. The normalized spacial score (nSPS) is 11.2. The van der Waals surface area contributed by atoms with Gasteiger partial charge in [0, 0.05) is 37.0 Å². The van der Waals surface area contributed by atoms with Crippen LogP contribution < -0.4 is 5.73 Å². The zero-order chi connectivity index (χ0) is 13.7. The van der Waals surface area contributed by atoms with E-state index in [0.29, 0.717) is 24.3 Å². The molecule has 0 aliphatic carbocycles. The van der Waals surface area contributed by atoms with Crippen LogP contribution in [-0.2, 0) is 6.54 Å². The predicted molar refractivity (Wildman–Crippen MR) is 70.1 cm³/mol. The van der Waals surface area contributed by atoms with Crippen LogP contribution in [0.1, 0.15) is 19.4 Å². The molecule has 0 spiro atoms. The summed E-state index contributed by atoms with van der Waals surface area (Å²) in [6.45, 7) is 5.06. The Kier molecular flexibility index (Phi) is 5.06. The number of hydrogen-bond donors (Lipinski definition) is 2. The van der Waals surface area contributed by atoms with Gasteiger partial charge in [0.1, 0.15) is 0 Å². The molecular weight excluding hydrogens is 234 g/mol. The summed E-state index contributed by atoms with van der Waals surface area (Å²) < 4.78 is 0. The number of anilines is 1. The van der Waals surface area contributed by atoms with E-state index in [9.17, 15) is 10.1 Å². The first-order chi connectivity index (χ1) is 8.45.